The minimum absolute atomic E-state index is 0.160. The molecular weight excluding hydrogens is 288 g/mol. The van der Waals surface area contributed by atoms with Crippen LogP contribution in [0.25, 0.3) is 0 Å². The zero-order valence-electron chi connectivity index (χ0n) is 12.8. The predicted octanol–water partition coefficient (Wildman–Crippen LogP) is 3.62. The molecule has 3 rings (SSSR count). The van der Waals surface area contributed by atoms with Crippen molar-refractivity contribution < 1.29 is 5.11 Å². The smallest absolute Gasteiger partial charge is 0.229 e. The summed E-state index contributed by atoms with van der Waals surface area (Å²) in [5, 5.41) is 13.0. The Kier molecular flexibility index (Phi) is 4.49. The van der Waals surface area contributed by atoms with Gasteiger partial charge in [-0.1, -0.05) is 36.4 Å². The molecule has 0 atom stereocenters. The van der Waals surface area contributed by atoms with Gasteiger partial charge in [0.15, 0.2) is 0 Å². The Balaban J connectivity index is 1.94. The topological polar surface area (TPSA) is 61.3 Å². The van der Waals surface area contributed by atoms with Gasteiger partial charge >= 0.3 is 0 Å². The summed E-state index contributed by atoms with van der Waals surface area (Å²) in [5.41, 5.74) is 2.68. The first kappa shape index (κ1) is 15.0. The van der Waals surface area contributed by atoms with Crippen molar-refractivity contribution in [2.45, 2.75) is 6.92 Å². The van der Waals surface area contributed by atoms with E-state index in [2.05, 4.69) is 15.3 Å². The molecule has 5 nitrogen and oxygen atoms in total. The number of hydrogen-bond donors (Lipinski definition) is 2. The number of rotatable bonds is 5. The van der Waals surface area contributed by atoms with Gasteiger partial charge in [0.05, 0.1) is 0 Å². The van der Waals surface area contributed by atoms with Crippen molar-refractivity contribution in [2.24, 2.45) is 0 Å². The molecular formula is C18H18N4O. The zero-order valence-corrected chi connectivity index (χ0v) is 12.8. The molecule has 0 unspecified atom stereocenters. The molecule has 2 N–H and O–H groups in total. The molecule has 0 amide bonds. The Morgan fingerprint density at radius 2 is 1.65 bits per heavy atom. The molecule has 0 aliphatic heterocycles. The van der Waals surface area contributed by atoms with E-state index in [-0.39, 0.29) is 6.73 Å². The highest BCUT2D eigenvalue weighted by atomic mass is 16.3. The van der Waals surface area contributed by atoms with Crippen molar-refractivity contribution in [3.05, 3.63) is 72.4 Å². The van der Waals surface area contributed by atoms with Gasteiger partial charge in [0.1, 0.15) is 12.5 Å². The molecule has 3 aromatic rings. The fourth-order valence-corrected chi connectivity index (χ4v) is 2.30. The van der Waals surface area contributed by atoms with Crippen LogP contribution in [-0.4, -0.2) is 21.8 Å². The average molecular weight is 306 g/mol. The van der Waals surface area contributed by atoms with E-state index >= 15 is 0 Å². The molecule has 23 heavy (non-hydrogen) atoms. The average Bonchev–Trinajstić information content (AvgIpc) is 2.60. The second-order valence-corrected chi connectivity index (χ2v) is 5.10. The SMILES string of the molecule is Cc1cnc(Nc2ccccc2)nc1N(CO)c1ccccc1. The van der Waals surface area contributed by atoms with Crippen LogP contribution in [0.4, 0.5) is 23.1 Å². The van der Waals surface area contributed by atoms with Crippen LogP contribution in [0.3, 0.4) is 0 Å². The van der Waals surface area contributed by atoms with Crippen LogP contribution in [0.2, 0.25) is 0 Å². The molecule has 0 saturated heterocycles. The maximum absolute atomic E-state index is 9.78. The molecule has 5 heteroatoms. The molecule has 0 bridgehead atoms. The van der Waals surface area contributed by atoms with Gasteiger partial charge < -0.3 is 15.3 Å². The highest BCUT2D eigenvalue weighted by Gasteiger charge is 2.13. The lowest BCUT2D eigenvalue weighted by atomic mass is 10.2. The monoisotopic (exact) mass is 306 g/mol. The second kappa shape index (κ2) is 6.89. The van der Waals surface area contributed by atoms with Gasteiger partial charge in [-0.15, -0.1) is 0 Å². The van der Waals surface area contributed by atoms with Gasteiger partial charge in [-0.25, -0.2) is 4.98 Å². The number of aromatic nitrogens is 2. The Morgan fingerprint density at radius 3 is 2.30 bits per heavy atom. The first-order chi connectivity index (χ1) is 11.3. The lowest BCUT2D eigenvalue weighted by molar-refractivity contribution is 0.303. The van der Waals surface area contributed by atoms with Crippen LogP contribution in [0, 0.1) is 6.92 Å². The largest absolute Gasteiger partial charge is 0.376 e. The van der Waals surface area contributed by atoms with Crippen molar-refractivity contribution in [1.82, 2.24) is 9.97 Å². The number of aliphatic hydroxyl groups excluding tert-OH is 1. The maximum Gasteiger partial charge on any atom is 0.229 e. The summed E-state index contributed by atoms with van der Waals surface area (Å²) < 4.78 is 0. The summed E-state index contributed by atoms with van der Waals surface area (Å²) in [4.78, 5) is 10.6. The standard InChI is InChI=1S/C18H18N4O/c1-14-12-19-18(20-15-8-4-2-5-9-15)21-17(14)22(13-23)16-10-6-3-7-11-16/h2-12,23H,13H2,1H3,(H,19,20,21). The van der Waals surface area contributed by atoms with E-state index < -0.39 is 0 Å². The highest BCUT2D eigenvalue weighted by molar-refractivity contribution is 5.64. The summed E-state index contributed by atoms with van der Waals surface area (Å²) in [7, 11) is 0. The van der Waals surface area contributed by atoms with E-state index in [0.717, 1.165) is 16.9 Å². The lowest BCUT2D eigenvalue weighted by Crippen LogP contribution is -2.20. The number of aryl methyl sites for hydroxylation is 1. The third-order valence-corrected chi connectivity index (χ3v) is 3.44. The summed E-state index contributed by atoms with van der Waals surface area (Å²) in [5.74, 6) is 1.17. The fourth-order valence-electron chi connectivity index (χ4n) is 2.30. The quantitative estimate of drug-likeness (QED) is 0.705. The van der Waals surface area contributed by atoms with Gasteiger partial charge in [0, 0.05) is 23.1 Å². The Labute approximate surface area is 135 Å². The van der Waals surface area contributed by atoms with Crippen molar-refractivity contribution in [2.75, 3.05) is 16.9 Å². The van der Waals surface area contributed by atoms with Crippen LogP contribution in [0.15, 0.2) is 66.9 Å². The number of benzene rings is 2. The molecule has 2 aromatic carbocycles. The molecule has 0 aliphatic rings. The molecule has 0 fully saturated rings. The highest BCUT2D eigenvalue weighted by Crippen LogP contribution is 2.26. The first-order valence-corrected chi connectivity index (χ1v) is 7.37. The second-order valence-electron chi connectivity index (χ2n) is 5.10. The van der Waals surface area contributed by atoms with E-state index in [4.69, 9.17) is 0 Å². The maximum atomic E-state index is 9.78. The van der Waals surface area contributed by atoms with Crippen LogP contribution in [-0.2, 0) is 0 Å². The van der Waals surface area contributed by atoms with E-state index in [9.17, 15) is 5.11 Å². The van der Waals surface area contributed by atoms with E-state index in [0.29, 0.717) is 11.8 Å². The Morgan fingerprint density at radius 1 is 1.00 bits per heavy atom. The number of aliphatic hydroxyl groups is 1. The minimum Gasteiger partial charge on any atom is -0.376 e. The Hall–Kier alpha value is -2.92. The van der Waals surface area contributed by atoms with Crippen molar-refractivity contribution in [1.29, 1.82) is 0 Å². The van der Waals surface area contributed by atoms with E-state index in [1.54, 1.807) is 11.1 Å². The van der Waals surface area contributed by atoms with E-state index in [1.807, 2.05) is 67.6 Å². The molecule has 0 radical (unpaired) electrons. The number of anilines is 4. The number of para-hydroxylation sites is 2. The van der Waals surface area contributed by atoms with Crippen molar-refractivity contribution >= 4 is 23.1 Å². The molecule has 0 spiro atoms. The van der Waals surface area contributed by atoms with Crippen LogP contribution < -0.4 is 10.2 Å². The number of nitrogens with one attached hydrogen (secondary N) is 1. The predicted molar refractivity (Wildman–Crippen MR) is 92.2 cm³/mol. The Bertz CT molecular complexity index is 762. The normalized spacial score (nSPS) is 10.3. The van der Waals surface area contributed by atoms with Crippen LogP contribution in [0.5, 0.6) is 0 Å². The van der Waals surface area contributed by atoms with Crippen molar-refractivity contribution in [3.63, 3.8) is 0 Å². The first-order valence-electron chi connectivity index (χ1n) is 7.37. The minimum atomic E-state index is -0.160. The van der Waals surface area contributed by atoms with Gasteiger partial charge in [0.2, 0.25) is 5.95 Å². The van der Waals surface area contributed by atoms with E-state index in [1.165, 1.54) is 0 Å². The molecule has 0 saturated carbocycles. The summed E-state index contributed by atoms with van der Waals surface area (Å²) in [6, 6.07) is 19.4. The zero-order chi connectivity index (χ0) is 16.1. The number of hydrogen-bond acceptors (Lipinski definition) is 5. The van der Waals surface area contributed by atoms with Gasteiger partial charge in [0.25, 0.3) is 0 Å². The third-order valence-electron chi connectivity index (χ3n) is 3.44. The van der Waals surface area contributed by atoms with Crippen LogP contribution >= 0.6 is 0 Å². The number of nitrogens with zero attached hydrogens (tertiary/aromatic N) is 3. The lowest BCUT2D eigenvalue weighted by Gasteiger charge is -2.23. The van der Waals surface area contributed by atoms with Gasteiger partial charge in [-0.3, -0.25) is 0 Å². The summed E-state index contributed by atoms with van der Waals surface area (Å²) in [6.07, 6.45) is 1.75. The molecule has 1 heterocycles. The van der Waals surface area contributed by atoms with Crippen LogP contribution in [0.1, 0.15) is 5.56 Å². The summed E-state index contributed by atoms with van der Waals surface area (Å²) in [6.45, 7) is 1.76. The fraction of sp³-hybridized carbons (Fsp3) is 0.111. The molecule has 0 aliphatic carbocycles. The third kappa shape index (κ3) is 3.46. The molecule has 1 aromatic heterocycles. The molecule has 116 valence electrons. The summed E-state index contributed by atoms with van der Waals surface area (Å²) >= 11 is 0. The van der Waals surface area contributed by atoms with Gasteiger partial charge in [-0.05, 0) is 31.2 Å². The van der Waals surface area contributed by atoms with Crippen molar-refractivity contribution in [3.8, 4) is 0 Å². The van der Waals surface area contributed by atoms with Gasteiger partial charge in [-0.2, -0.15) is 4.98 Å².